The summed E-state index contributed by atoms with van der Waals surface area (Å²) in [7, 11) is 0. The summed E-state index contributed by atoms with van der Waals surface area (Å²) >= 11 is 0. The van der Waals surface area contributed by atoms with E-state index in [1.807, 2.05) is 59.5 Å². The molecule has 1 atom stereocenters. The van der Waals surface area contributed by atoms with Crippen molar-refractivity contribution in [1.82, 2.24) is 19.9 Å². The van der Waals surface area contributed by atoms with Crippen LogP contribution >= 0.6 is 0 Å². The largest absolute Gasteiger partial charge is 0.443 e. The molecule has 1 aliphatic heterocycles. The third-order valence-electron chi connectivity index (χ3n) is 5.31. The van der Waals surface area contributed by atoms with Gasteiger partial charge in [0.25, 0.3) is 5.91 Å². The van der Waals surface area contributed by atoms with Crippen molar-refractivity contribution in [3.8, 4) is 11.3 Å². The average Bonchev–Trinajstić information content (AvgIpc) is 3.41. The van der Waals surface area contributed by atoms with E-state index in [0.29, 0.717) is 18.0 Å². The van der Waals surface area contributed by atoms with Crippen LogP contribution in [0.3, 0.4) is 0 Å². The highest BCUT2D eigenvalue weighted by Gasteiger charge is 2.30. The van der Waals surface area contributed by atoms with Crippen molar-refractivity contribution in [3.63, 3.8) is 0 Å². The van der Waals surface area contributed by atoms with Crippen LogP contribution in [0.25, 0.3) is 22.4 Å². The van der Waals surface area contributed by atoms with Crippen LogP contribution in [0, 0.1) is 0 Å². The van der Waals surface area contributed by atoms with E-state index in [-0.39, 0.29) is 11.8 Å². The fourth-order valence-electron chi connectivity index (χ4n) is 3.89. The minimum absolute atomic E-state index is 0.0894. The number of piperidine rings is 1. The molecule has 0 unspecified atom stereocenters. The zero-order chi connectivity index (χ0) is 18.9. The minimum Gasteiger partial charge on any atom is -0.443 e. The zero-order valence-corrected chi connectivity index (χ0v) is 15.3. The summed E-state index contributed by atoms with van der Waals surface area (Å²) in [5.74, 6) is 1.57. The summed E-state index contributed by atoms with van der Waals surface area (Å²) in [6.45, 7) is 1.34. The molecule has 3 heterocycles. The van der Waals surface area contributed by atoms with E-state index < -0.39 is 0 Å². The molecule has 1 N–H and O–H groups in total. The number of likely N-dealkylation sites (tertiary alicyclic amines) is 1. The summed E-state index contributed by atoms with van der Waals surface area (Å²) in [4.78, 5) is 27.4. The predicted molar refractivity (Wildman–Crippen MR) is 106 cm³/mol. The number of hydrogen-bond donors (Lipinski definition) is 1. The summed E-state index contributed by atoms with van der Waals surface area (Å²) in [6, 6.07) is 17.6. The van der Waals surface area contributed by atoms with Gasteiger partial charge in [0.15, 0.2) is 17.8 Å². The van der Waals surface area contributed by atoms with Crippen molar-refractivity contribution in [2.45, 2.75) is 18.8 Å². The normalized spacial score (nSPS) is 17.1. The number of aromatic nitrogens is 3. The highest BCUT2D eigenvalue weighted by Crippen LogP contribution is 2.29. The molecular formula is C22H20N4O2. The number of amides is 1. The Morgan fingerprint density at radius 2 is 1.93 bits per heavy atom. The number of hydrogen-bond acceptors (Lipinski definition) is 4. The smallest absolute Gasteiger partial charge is 0.276 e. The number of fused-ring (bicyclic) bond motifs is 1. The van der Waals surface area contributed by atoms with Crippen molar-refractivity contribution >= 4 is 16.9 Å². The van der Waals surface area contributed by atoms with Crippen molar-refractivity contribution in [2.24, 2.45) is 0 Å². The van der Waals surface area contributed by atoms with E-state index in [0.717, 1.165) is 41.8 Å². The molecule has 1 amide bonds. The van der Waals surface area contributed by atoms with Gasteiger partial charge >= 0.3 is 0 Å². The number of aromatic amines is 1. The standard InChI is InChI=1S/C22H20N4O2/c27-22(19-20(28-14-23-19)15-7-2-1-3-8-15)26-12-6-9-16(13-26)21-24-17-10-4-5-11-18(17)25-21/h1-5,7-8,10-11,14,16H,6,9,12-13H2,(H,24,25)/t16-/m1/s1. The predicted octanol–water partition coefficient (Wildman–Crippen LogP) is 4.24. The highest BCUT2D eigenvalue weighted by molar-refractivity contribution is 5.97. The molecule has 1 aliphatic rings. The van der Waals surface area contributed by atoms with Crippen molar-refractivity contribution in [2.75, 3.05) is 13.1 Å². The molecule has 0 bridgehead atoms. The average molecular weight is 372 g/mol. The van der Waals surface area contributed by atoms with Crippen LogP contribution in [0.15, 0.2) is 65.4 Å². The van der Waals surface area contributed by atoms with Crippen LogP contribution in [0.5, 0.6) is 0 Å². The van der Waals surface area contributed by atoms with Crippen LogP contribution in [0.1, 0.15) is 35.1 Å². The Kier molecular flexibility index (Phi) is 4.16. The number of benzene rings is 2. The van der Waals surface area contributed by atoms with Gasteiger partial charge in [-0.15, -0.1) is 0 Å². The number of oxazole rings is 1. The molecule has 0 spiro atoms. The lowest BCUT2D eigenvalue weighted by atomic mass is 9.97. The number of rotatable bonds is 3. The van der Waals surface area contributed by atoms with Crippen molar-refractivity contribution in [1.29, 1.82) is 0 Å². The topological polar surface area (TPSA) is 75.0 Å². The number of carbonyl (C=O) groups excluding carboxylic acids is 1. The number of H-pyrrole nitrogens is 1. The van der Waals surface area contributed by atoms with Crippen molar-refractivity contribution in [3.05, 3.63) is 72.5 Å². The van der Waals surface area contributed by atoms with Crippen LogP contribution in [0.4, 0.5) is 0 Å². The Morgan fingerprint density at radius 1 is 1.11 bits per heavy atom. The second-order valence-corrected chi connectivity index (χ2v) is 7.13. The van der Waals surface area contributed by atoms with Gasteiger partial charge in [-0.2, -0.15) is 0 Å². The van der Waals surface area contributed by atoms with Gasteiger partial charge in [0.2, 0.25) is 0 Å². The van der Waals surface area contributed by atoms with Crippen LogP contribution in [-0.4, -0.2) is 38.8 Å². The molecule has 28 heavy (non-hydrogen) atoms. The van der Waals surface area contributed by atoms with E-state index in [9.17, 15) is 4.79 Å². The first-order valence-electron chi connectivity index (χ1n) is 9.52. The Hall–Kier alpha value is -3.41. The molecule has 1 fully saturated rings. The second-order valence-electron chi connectivity index (χ2n) is 7.13. The van der Waals surface area contributed by atoms with E-state index in [1.54, 1.807) is 0 Å². The number of carbonyl (C=O) groups is 1. The van der Waals surface area contributed by atoms with Crippen LogP contribution < -0.4 is 0 Å². The molecule has 2 aromatic heterocycles. The number of nitrogens with one attached hydrogen (secondary N) is 1. The van der Waals surface area contributed by atoms with E-state index >= 15 is 0 Å². The Bertz CT molecular complexity index is 1080. The maximum atomic E-state index is 13.2. The first-order chi connectivity index (χ1) is 13.8. The minimum atomic E-state index is -0.0894. The fourth-order valence-corrected chi connectivity index (χ4v) is 3.89. The molecule has 140 valence electrons. The lowest BCUT2D eigenvalue weighted by Gasteiger charge is -2.31. The summed E-state index contributed by atoms with van der Waals surface area (Å²) in [6.07, 6.45) is 3.29. The lowest BCUT2D eigenvalue weighted by Crippen LogP contribution is -2.39. The Labute approximate surface area is 162 Å². The van der Waals surface area contributed by atoms with Gasteiger partial charge in [0.05, 0.1) is 11.0 Å². The highest BCUT2D eigenvalue weighted by atomic mass is 16.3. The number of imidazole rings is 1. The van der Waals surface area contributed by atoms with E-state index in [1.165, 1.54) is 6.39 Å². The summed E-state index contributed by atoms with van der Waals surface area (Å²) in [5.41, 5.74) is 3.22. The molecule has 2 aromatic carbocycles. The molecule has 4 aromatic rings. The summed E-state index contributed by atoms with van der Waals surface area (Å²) in [5, 5.41) is 0. The van der Waals surface area contributed by atoms with Crippen molar-refractivity contribution < 1.29 is 9.21 Å². The summed E-state index contributed by atoms with van der Waals surface area (Å²) < 4.78 is 5.54. The van der Waals surface area contributed by atoms with E-state index in [4.69, 9.17) is 9.40 Å². The number of nitrogens with zero attached hydrogens (tertiary/aromatic N) is 3. The van der Waals surface area contributed by atoms with Crippen LogP contribution in [-0.2, 0) is 0 Å². The third kappa shape index (κ3) is 2.97. The molecule has 1 saturated heterocycles. The maximum absolute atomic E-state index is 13.2. The fraction of sp³-hybridized carbons (Fsp3) is 0.227. The molecule has 0 radical (unpaired) electrons. The maximum Gasteiger partial charge on any atom is 0.276 e. The molecule has 0 aliphatic carbocycles. The molecule has 5 rings (SSSR count). The van der Waals surface area contributed by atoms with Gasteiger partial charge in [-0.25, -0.2) is 9.97 Å². The molecule has 0 saturated carbocycles. The van der Waals surface area contributed by atoms with Gasteiger partial charge in [0, 0.05) is 24.6 Å². The van der Waals surface area contributed by atoms with Gasteiger partial charge in [-0.1, -0.05) is 42.5 Å². The van der Waals surface area contributed by atoms with E-state index in [2.05, 4.69) is 9.97 Å². The number of para-hydroxylation sites is 2. The first kappa shape index (κ1) is 16.7. The van der Waals surface area contributed by atoms with Gasteiger partial charge < -0.3 is 14.3 Å². The Morgan fingerprint density at radius 3 is 2.79 bits per heavy atom. The first-order valence-corrected chi connectivity index (χ1v) is 9.52. The van der Waals surface area contributed by atoms with Gasteiger partial charge in [-0.05, 0) is 25.0 Å². The quantitative estimate of drug-likeness (QED) is 0.584. The monoisotopic (exact) mass is 372 g/mol. The third-order valence-corrected chi connectivity index (χ3v) is 5.31. The van der Waals surface area contributed by atoms with Gasteiger partial charge in [0.1, 0.15) is 5.82 Å². The second kappa shape index (κ2) is 6.96. The molecule has 6 heteroatoms. The lowest BCUT2D eigenvalue weighted by molar-refractivity contribution is 0.0700. The van der Waals surface area contributed by atoms with Gasteiger partial charge in [-0.3, -0.25) is 4.79 Å². The zero-order valence-electron chi connectivity index (χ0n) is 15.3. The Balaban J connectivity index is 1.40. The molecular weight excluding hydrogens is 352 g/mol. The SMILES string of the molecule is O=C(c1ncoc1-c1ccccc1)N1CCC[C@@H](c2nc3ccccc3[nH]2)C1. The van der Waals surface area contributed by atoms with Crippen LogP contribution in [0.2, 0.25) is 0 Å². The molecule has 6 nitrogen and oxygen atoms in total.